The second kappa shape index (κ2) is 5.33. The number of rotatable bonds is 2. The van der Waals surface area contributed by atoms with E-state index in [2.05, 4.69) is 22.3 Å². The van der Waals surface area contributed by atoms with Gasteiger partial charge in [-0.15, -0.1) is 0 Å². The van der Waals surface area contributed by atoms with Gasteiger partial charge in [-0.2, -0.15) is 0 Å². The van der Waals surface area contributed by atoms with Crippen molar-refractivity contribution in [2.45, 2.75) is 45.1 Å². The highest BCUT2D eigenvalue weighted by Crippen LogP contribution is 2.29. The molecular weight excluding hydrogens is 236 g/mol. The smallest absolute Gasteiger partial charge is 0.221 e. The van der Waals surface area contributed by atoms with Crippen LogP contribution in [0.5, 0.6) is 0 Å². The SMILES string of the molecule is CC(=O)Nc1ccc2c(c1)C[C@@H](N1CCCCC1)C2. The zero-order valence-corrected chi connectivity index (χ0v) is 11.6. The minimum Gasteiger partial charge on any atom is -0.326 e. The molecule has 3 nitrogen and oxygen atoms in total. The van der Waals surface area contributed by atoms with E-state index in [4.69, 9.17) is 0 Å². The predicted molar refractivity (Wildman–Crippen MR) is 77.4 cm³/mol. The number of carbonyl (C=O) groups is 1. The average molecular weight is 258 g/mol. The Morgan fingerprint density at radius 3 is 2.63 bits per heavy atom. The number of benzene rings is 1. The van der Waals surface area contributed by atoms with Crippen molar-refractivity contribution in [2.75, 3.05) is 18.4 Å². The van der Waals surface area contributed by atoms with E-state index in [9.17, 15) is 4.79 Å². The molecule has 0 radical (unpaired) electrons. The van der Waals surface area contributed by atoms with E-state index < -0.39 is 0 Å². The van der Waals surface area contributed by atoms with Crippen molar-refractivity contribution >= 4 is 11.6 Å². The maximum Gasteiger partial charge on any atom is 0.221 e. The summed E-state index contributed by atoms with van der Waals surface area (Å²) in [6, 6.07) is 7.05. The van der Waals surface area contributed by atoms with Gasteiger partial charge in [-0.05, 0) is 62.0 Å². The molecule has 1 heterocycles. The van der Waals surface area contributed by atoms with Gasteiger partial charge in [0.25, 0.3) is 0 Å². The second-order valence-electron chi connectivity index (χ2n) is 5.82. The summed E-state index contributed by atoms with van der Waals surface area (Å²) in [6.07, 6.45) is 6.41. The summed E-state index contributed by atoms with van der Waals surface area (Å²) >= 11 is 0. The zero-order chi connectivity index (χ0) is 13.2. The first-order valence-corrected chi connectivity index (χ1v) is 7.36. The normalized spacial score (nSPS) is 23.1. The molecule has 1 fully saturated rings. The fourth-order valence-corrected chi connectivity index (χ4v) is 3.42. The van der Waals surface area contributed by atoms with Crippen molar-refractivity contribution in [3.63, 3.8) is 0 Å². The van der Waals surface area contributed by atoms with E-state index in [1.165, 1.54) is 49.9 Å². The standard InChI is InChI=1S/C16H22N2O/c1-12(19)17-15-6-5-13-10-16(11-14(13)9-15)18-7-3-2-4-8-18/h5-6,9,16H,2-4,7-8,10-11H2,1H3,(H,17,19)/t16-/m0/s1. The molecule has 1 N–H and O–H groups in total. The predicted octanol–water partition coefficient (Wildman–Crippen LogP) is 2.60. The molecule has 0 spiro atoms. The van der Waals surface area contributed by atoms with Crippen LogP contribution in [0.25, 0.3) is 0 Å². The lowest BCUT2D eigenvalue weighted by atomic mass is 10.1. The van der Waals surface area contributed by atoms with E-state index in [1.54, 1.807) is 6.92 Å². The van der Waals surface area contributed by atoms with E-state index in [-0.39, 0.29) is 5.91 Å². The van der Waals surface area contributed by atoms with Crippen molar-refractivity contribution in [1.29, 1.82) is 0 Å². The Morgan fingerprint density at radius 1 is 1.16 bits per heavy atom. The van der Waals surface area contributed by atoms with E-state index in [1.807, 2.05) is 6.07 Å². The molecule has 2 aliphatic rings. The highest BCUT2D eigenvalue weighted by atomic mass is 16.1. The van der Waals surface area contributed by atoms with Crippen LogP contribution in [0.2, 0.25) is 0 Å². The van der Waals surface area contributed by atoms with Crippen LogP contribution >= 0.6 is 0 Å². The molecule has 19 heavy (non-hydrogen) atoms. The molecule has 1 atom stereocenters. The van der Waals surface area contributed by atoms with Crippen molar-refractivity contribution in [3.8, 4) is 0 Å². The number of amides is 1. The molecule has 0 aromatic heterocycles. The molecule has 0 bridgehead atoms. The summed E-state index contributed by atoms with van der Waals surface area (Å²) in [5.41, 5.74) is 3.82. The highest BCUT2D eigenvalue weighted by Gasteiger charge is 2.27. The lowest BCUT2D eigenvalue weighted by Crippen LogP contribution is -2.39. The Bertz CT molecular complexity index is 478. The molecule has 1 aliphatic heterocycles. The van der Waals surface area contributed by atoms with Crippen molar-refractivity contribution < 1.29 is 4.79 Å². The largest absolute Gasteiger partial charge is 0.326 e. The highest BCUT2D eigenvalue weighted by molar-refractivity contribution is 5.88. The Kier molecular flexibility index (Phi) is 3.56. The van der Waals surface area contributed by atoms with Crippen LogP contribution in [0, 0.1) is 0 Å². The minimum atomic E-state index is 0.00512. The van der Waals surface area contributed by atoms with E-state index >= 15 is 0 Å². The third kappa shape index (κ3) is 2.81. The van der Waals surface area contributed by atoms with Gasteiger partial charge in [0.05, 0.1) is 0 Å². The Morgan fingerprint density at radius 2 is 1.89 bits per heavy atom. The molecule has 1 amide bonds. The van der Waals surface area contributed by atoms with Crippen molar-refractivity contribution in [2.24, 2.45) is 0 Å². The first-order valence-electron chi connectivity index (χ1n) is 7.36. The van der Waals surface area contributed by atoms with Gasteiger partial charge in [0.15, 0.2) is 0 Å². The van der Waals surface area contributed by atoms with Crippen LogP contribution in [-0.2, 0) is 17.6 Å². The topological polar surface area (TPSA) is 32.3 Å². The minimum absolute atomic E-state index is 0.00512. The summed E-state index contributed by atoms with van der Waals surface area (Å²) in [5.74, 6) is 0.00512. The number of nitrogens with zero attached hydrogens (tertiary/aromatic N) is 1. The summed E-state index contributed by atoms with van der Waals surface area (Å²) in [6.45, 7) is 4.08. The third-order valence-electron chi connectivity index (χ3n) is 4.34. The Labute approximate surface area is 115 Å². The molecule has 1 aromatic rings. The lowest BCUT2D eigenvalue weighted by Gasteiger charge is -2.32. The van der Waals surface area contributed by atoms with Gasteiger partial charge in [-0.25, -0.2) is 0 Å². The van der Waals surface area contributed by atoms with Crippen LogP contribution in [0.3, 0.4) is 0 Å². The summed E-state index contributed by atoms with van der Waals surface area (Å²) < 4.78 is 0. The summed E-state index contributed by atoms with van der Waals surface area (Å²) in [5, 5.41) is 2.88. The van der Waals surface area contributed by atoms with E-state index in [0.29, 0.717) is 6.04 Å². The number of piperidine rings is 1. The molecule has 1 aliphatic carbocycles. The quantitative estimate of drug-likeness (QED) is 0.884. The fourth-order valence-electron chi connectivity index (χ4n) is 3.42. The monoisotopic (exact) mass is 258 g/mol. The molecule has 1 saturated heterocycles. The van der Waals surface area contributed by atoms with Crippen LogP contribution in [-0.4, -0.2) is 29.9 Å². The maximum absolute atomic E-state index is 11.1. The first kappa shape index (κ1) is 12.7. The second-order valence-corrected chi connectivity index (χ2v) is 5.82. The Balaban J connectivity index is 1.70. The van der Waals surface area contributed by atoms with E-state index in [0.717, 1.165) is 12.1 Å². The van der Waals surface area contributed by atoms with Crippen molar-refractivity contribution in [3.05, 3.63) is 29.3 Å². The molecule has 0 saturated carbocycles. The Hall–Kier alpha value is -1.35. The number of fused-ring (bicyclic) bond motifs is 1. The number of anilines is 1. The fraction of sp³-hybridized carbons (Fsp3) is 0.562. The lowest BCUT2D eigenvalue weighted by molar-refractivity contribution is -0.114. The molecule has 102 valence electrons. The van der Waals surface area contributed by atoms with Crippen LogP contribution < -0.4 is 5.32 Å². The maximum atomic E-state index is 11.1. The average Bonchev–Trinajstić information content (AvgIpc) is 2.82. The first-order chi connectivity index (χ1) is 9.22. The molecule has 3 heteroatoms. The molecule has 3 rings (SSSR count). The van der Waals surface area contributed by atoms with Gasteiger partial charge in [-0.1, -0.05) is 12.5 Å². The number of carbonyl (C=O) groups excluding carboxylic acids is 1. The van der Waals surface area contributed by atoms with Crippen LogP contribution in [0.4, 0.5) is 5.69 Å². The van der Waals surface area contributed by atoms with Gasteiger partial charge in [0.2, 0.25) is 5.91 Å². The number of hydrogen-bond donors (Lipinski definition) is 1. The third-order valence-corrected chi connectivity index (χ3v) is 4.34. The number of hydrogen-bond acceptors (Lipinski definition) is 2. The molecular formula is C16H22N2O. The van der Waals surface area contributed by atoms with Crippen molar-refractivity contribution in [1.82, 2.24) is 4.90 Å². The summed E-state index contributed by atoms with van der Waals surface area (Å²) in [7, 11) is 0. The van der Waals surface area contributed by atoms with Crippen LogP contribution in [0.15, 0.2) is 18.2 Å². The van der Waals surface area contributed by atoms with Crippen LogP contribution in [0.1, 0.15) is 37.3 Å². The van der Waals surface area contributed by atoms with Gasteiger partial charge in [-0.3, -0.25) is 9.69 Å². The van der Waals surface area contributed by atoms with Gasteiger partial charge in [0, 0.05) is 18.7 Å². The molecule has 1 aromatic carbocycles. The zero-order valence-electron chi connectivity index (χ0n) is 11.6. The molecule has 0 unspecified atom stereocenters. The van der Waals surface area contributed by atoms with Gasteiger partial charge in [0.1, 0.15) is 0 Å². The van der Waals surface area contributed by atoms with Gasteiger partial charge >= 0.3 is 0 Å². The van der Waals surface area contributed by atoms with Gasteiger partial charge < -0.3 is 5.32 Å². The summed E-state index contributed by atoms with van der Waals surface area (Å²) in [4.78, 5) is 13.8. The number of nitrogens with one attached hydrogen (secondary N) is 1. The number of likely N-dealkylation sites (tertiary alicyclic amines) is 1.